The van der Waals surface area contributed by atoms with E-state index in [0.29, 0.717) is 18.3 Å². The SMILES string of the molecule is Cc1nn(-c2cc(F)c(F)cc2F)c(C)c1CCCN. The van der Waals surface area contributed by atoms with Gasteiger partial charge in [-0.05, 0) is 38.8 Å². The molecule has 2 rings (SSSR count). The maximum atomic E-state index is 13.8. The van der Waals surface area contributed by atoms with E-state index in [1.165, 1.54) is 4.68 Å². The van der Waals surface area contributed by atoms with Crippen LogP contribution in [0.1, 0.15) is 23.4 Å². The molecule has 0 atom stereocenters. The van der Waals surface area contributed by atoms with Gasteiger partial charge in [-0.15, -0.1) is 0 Å². The van der Waals surface area contributed by atoms with Gasteiger partial charge in [-0.3, -0.25) is 0 Å². The molecule has 0 saturated heterocycles. The zero-order chi connectivity index (χ0) is 14.9. The van der Waals surface area contributed by atoms with Crippen LogP contribution in [0.3, 0.4) is 0 Å². The van der Waals surface area contributed by atoms with E-state index < -0.39 is 17.5 Å². The van der Waals surface area contributed by atoms with Crippen molar-refractivity contribution in [1.29, 1.82) is 0 Å². The summed E-state index contributed by atoms with van der Waals surface area (Å²) in [4.78, 5) is 0. The Labute approximate surface area is 115 Å². The summed E-state index contributed by atoms with van der Waals surface area (Å²) in [6.45, 7) is 4.11. The Hall–Kier alpha value is -1.82. The smallest absolute Gasteiger partial charge is 0.161 e. The molecule has 1 aromatic heterocycles. The van der Waals surface area contributed by atoms with Gasteiger partial charge in [-0.25, -0.2) is 17.9 Å². The molecule has 0 radical (unpaired) electrons. The summed E-state index contributed by atoms with van der Waals surface area (Å²) in [7, 11) is 0. The van der Waals surface area contributed by atoms with E-state index in [2.05, 4.69) is 5.10 Å². The first-order valence-electron chi connectivity index (χ1n) is 6.35. The van der Waals surface area contributed by atoms with E-state index in [4.69, 9.17) is 5.73 Å². The molecule has 1 aromatic carbocycles. The van der Waals surface area contributed by atoms with E-state index in [1.54, 1.807) is 13.8 Å². The van der Waals surface area contributed by atoms with Gasteiger partial charge in [0.25, 0.3) is 0 Å². The molecule has 0 bridgehead atoms. The molecule has 0 saturated carbocycles. The van der Waals surface area contributed by atoms with Crippen LogP contribution in [0.2, 0.25) is 0 Å². The molecule has 0 unspecified atom stereocenters. The number of aryl methyl sites for hydroxylation is 1. The lowest BCUT2D eigenvalue weighted by atomic mass is 10.1. The molecule has 0 aliphatic rings. The zero-order valence-corrected chi connectivity index (χ0v) is 11.4. The lowest BCUT2D eigenvalue weighted by molar-refractivity contribution is 0.491. The number of halogens is 3. The number of aromatic nitrogens is 2. The summed E-state index contributed by atoms with van der Waals surface area (Å²) in [5, 5.41) is 4.21. The fourth-order valence-electron chi connectivity index (χ4n) is 2.22. The van der Waals surface area contributed by atoms with Crippen LogP contribution in [0.15, 0.2) is 12.1 Å². The minimum Gasteiger partial charge on any atom is -0.330 e. The van der Waals surface area contributed by atoms with Gasteiger partial charge in [0.15, 0.2) is 17.5 Å². The summed E-state index contributed by atoms with van der Waals surface area (Å²) in [6.07, 6.45) is 1.51. The maximum absolute atomic E-state index is 13.8. The van der Waals surface area contributed by atoms with Crippen molar-refractivity contribution in [2.75, 3.05) is 6.54 Å². The van der Waals surface area contributed by atoms with Gasteiger partial charge < -0.3 is 5.73 Å². The Bertz CT molecular complexity index is 635. The van der Waals surface area contributed by atoms with Crippen LogP contribution >= 0.6 is 0 Å². The van der Waals surface area contributed by atoms with Gasteiger partial charge >= 0.3 is 0 Å². The van der Waals surface area contributed by atoms with Crippen LogP contribution in [-0.4, -0.2) is 16.3 Å². The quantitative estimate of drug-likeness (QED) is 0.877. The van der Waals surface area contributed by atoms with Crippen molar-refractivity contribution in [1.82, 2.24) is 9.78 Å². The average Bonchev–Trinajstić information content (AvgIpc) is 2.67. The maximum Gasteiger partial charge on any atom is 0.161 e. The van der Waals surface area contributed by atoms with Crippen molar-refractivity contribution in [2.45, 2.75) is 26.7 Å². The standard InChI is InChI=1S/C14H16F3N3/c1-8-10(4-3-5-18)9(2)20(19-8)14-7-12(16)11(15)6-13(14)17/h6-7H,3-5,18H2,1-2H3. The molecule has 6 heteroatoms. The lowest BCUT2D eigenvalue weighted by Crippen LogP contribution is -2.05. The minimum atomic E-state index is -1.21. The summed E-state index contributed by atoms with van der Waals surface area (Å²) in [6, 6.07) is 1.34. The Morgan fingerprint density at radius 3 is 2.40 bits per heavy atom. The van der Waals surface area contributed by atoms with Gasteiger partial charge in [0.1, 0.15) is 5.69 Å². The zero-order valence-electron chi connectivity index (χ0n) is 11.4. The number of hydrogen-bond donors (Lipinski definition) is 1. The summed E-state index contributed by atoms with van der Waals surface area (Å²) in [5.41, 5.74) is 7.79. The summed E-state index contributed by atoms with van der Waals surface area (Å²) < 4.78 is 41.4. The first-order chi connectivity index (χ1) is 9.45. The number of nitrogens with zero attached hydrogens (tertiary/aromatic N) is 2. The second kappa shape index (κ2) is 5.66. The molecule has 0 aliphatic heterocycles. The third-order valence-corrected chi connectivity index (χ3v) is 3.29. The first kappa shape index (κ1) is 14.6. The van der Waals surface area contributed by atoms with E-state index >= 15 is 0 Å². The van der Waals surface area contributed by atoms with E-state index in [0.717, 1.165) is 30.2 Å². The lowest BCUT2D eigenvalue weighted by Gasteiger charge is -2.07. The van der Waals surface area contributed by atoms with Crippen molar-refractivity contribution < 1.29 is 13.2 Å². The number of rotatable bonds is 4. The average molecular weight is 283 g/mol. The second-order valence-corrected chi connectivity index (χ2v) is 4.67. The monoisotopic (exact) mass is 283 g/mol. The molecular formula is C14H16F3N3. The highest BCUT2D eigenvalue weighted by Gasteiger charge is 2.17. The summed E-state index contributed by atoms with van der Waals surface area (Å²) >= 11 is 0. The minimum absolute atomic E-state index is 0.0940. The number of benzene rings is 1. The molecule has 20 heavy (non-hydrogen) atoms. The van der Waals surface area contributed by atoms with Crippen LogP contribution < -0.4 is 5.73 Å². The largest absolute Gasteiger partial charge is 0.330 e. The topological polar surface area (TPSA) is 43.8 Å². The van der Waals surface area contributed by atoms with Gasteiger partial charge in [0.05, 0.1) is 5.69 Å². The third-order valence-electron chi connectivity index (χ3n) is 3.29. The molecule has 0 aliphatic carbocycles. The molecule has 2 N–H and O–H groups in total. The Kier molecular flexibility index (Phi) is 4.13. The van der Waals surface area contributed by atoms with Gasteiger partial charge in [-0.2, -0.15) is 5.10 Å². The van der Waals surface area contributed by atoms with Crippen LogP contribution in [0.4, 0.5) is 13.2 Å². The fourth-order valence-corrected chi connectivity index (χ4v) is 2.22. The molecule has 0 spiro atoms. The van der Waals surface area contributed by atoms with E-state index in [1.807, 2.05) is 0 Å². The highest BCUT2D eigenvalue weighted by atomic mass is 19.2. The second-order valence-electron chi connectivity index (χ2n) is 4.67. The Morgan fingerprint density at radius 2 is 1.75 bits per heavy atom. The van der Waals surface area contributed by atoms with E-state index in [-0.39, 0.29) is 5.69 Å². The predicted octanol–water partition coefficient (Wildman–Crippen LogP) is 2.80. The molecule has 108 valence electrons. The molecular weight excluding hydrogens is 267 g/mol. The van der Waals surface area contributed by atoms with Crippen molar-refractivity contribution >= 4 is 0 Å². The first-order valence-corrected chi connectivity index (χ1v) is 6.35. The van der Waals surface area contributed by atoms with Crippen LogP contribution in [-0.2, 0) is 6.42 Å². The highest BCUT2D eigenvalue weighted by Crippen LogP contribution is 2.23. The molecule has 2 aromatic rings. The highest BCUT2D eigenvalue weighted by molar-refractivity contribution is 5.39. The van der Waals surface area contributed by atoms with Crippen molar-refractivity contribution in [3.63, 3.8) is 0 Å². The third kappa shape index (κ3) is 2.56. The van der Waals surface area contributed by atoms with Crippen LogP contribution in [0.25, 0.3) is 5.69 Å². The Balaban J connectivity index is 2.51. The van der Waals surface area contributed by atoms with Crippen LogP contribution in [0, 0.1) is 31.3 Å². The van der Waals surface area contributed by atoms with Gasteiger partial charge in [-0.1, -0.05) is 0 Å². The van der Waals surface area contributed by atoms with Crippen LogP contribution in [0.5, 0.6) is 0 Å². The molecule has 0 fully saturated rings. The van der Waals surface area contributed by atoms with Crippen molar-refractivity contribution in [3.8, 4) is 5.69 Å². The Morgan fingerprint density at radius 1 is 1.10 bits per heavy atom. The summed E-state index contributed by atoms with van der Waals surface area (Å²) in [5.74, 6) is -3.16. The normalized spacial score (nSPS) is 11.1. The van der Waals surface area contributed by atoms with Crippen molar-refractivity contribution in [2.24, 2.45) is 5.73 Å². The van der Waals surface area contributed by atoms with Gasteiger partial charge in [0.2, 0.25) is 0 Å². The van der Waals surface area contributed by atoms with E-state index in [9.17, 15) is 13.2 Å². The predicted molar refractivity (Wildman–Crippen MR) is 70.3 cm³/mol. The molecule has 0 amide bonds. The fraction of sp³-hybridized carbons (Fsp3) is 0.357. The van der Waals surface area contributed by atoms with Crippen molar-refractivity contribution in [3.05, 3.63) is 46.5 Å². The molecule has 1 heterocycles. The van der Waals surface area contributed by atoms with Gasteiger partial charge in [0, 0.05) is 17.8 Å². The number of nitrogens with two attached hydrogens (primary N) is 1. The number of hydrogen-bond acceptors (Lipinski definition) is 2. The molecule has 3 nitrogen and oxygen atoms in total.